The van der Waals surface area contributed by atoms with Crippen molar-refractivity contribution in [2.45, 2.75) is 17.6 Å². The second-order valence-electron chi connectivity index (χ2n) is 2.95. The minimum atomic E-state index is -0.692. The van der Waals surface area contributed by atoms with E-state index >= 15 is 0 Å². The number of benzene rings is 1. The zero-order valence-electron chi connectivity index (χ0n) is 7.56. The molecule has 1 unspecified atom stereocenters. The Morgan fingerprint density at radius 3 is 2.79 bits per heavy atom. The molecule has 76 valence electrons. The lowest BCUT2D eigenvalue weighted by atomic mass is 10.0. The highest BCUT2D eigenvalue weighted by atomic mass is 79.9. The van der Waals surface area contributed by atoms with Crippen LogP contribution in [0.3, 0.4) is 0 Å². The van der Waals surface area contributed by atoms with Crippen molar-refractivity contribution in [1.82, 2.24) is 0 Å². The molecule has 0 aliphatic carbocycles. The van der Waals surface area contributed by atoms with E-state index in [1.54, 1.807) is 6.07 Å². The summed E-state index contributed by atoms with van der Waals surface area (Å²) in [5.74, 6) is -0.462. The van der Waals surface area contributed by atoms with Crippen LogP contribution < -0.4 is 0 Å². The summed E-state index contributed by atoms with van der Waals surface area (Å²) in [5.41, 5.74) is 1.37. The first-order valence-corrected chi connectivity index (χ1v) is 5.61. The van der Waals surface area contributed by atoms with Gasteiger partial charge in [0, 0.05) is 5.33 Å². The fourth-order valence-electron chi connectivity index (χ4n) is 1.16. The molecule has 0 heterocycles. The summed E-state index contributed by atoms with van der Waals surface area (Å²) >= 11 is 9.11. The number of rotatable bonds is 3. The van der Waals surface area contributed by atoms with Gasteiger partial charge in [0.05, 0.1) is 0 Å². The van der Waals surface area contributed by atoms with Gasteiger partial charge in [-0.15, -0.1) is 11.6 Å². The minimum absolute atomic E-state index is 0.138. The van der Waals surface area contributed by atoms with E-state index in [2.05, 4.69) is 15.9 Å². The molecule has 1 aromatic carbocycles. The Balaban J connectivity index is 3.13. The maximum atomic E-state index is 12.8. The van der Waals surface area contributed by atoms with Gasteiger partial charge in [-0.2, -0.15) is 0 Å². The van der Waals surface area contributed by atoms with Crippen molar-refractivity contribution in [3.05, 3.63) is 35.1 Å². The molecule has 0 fully saturated rings. The van der Waals surface area contributed by atoms with Gasteiger partial charge in [0.1, 0.15) is 11.2 Å². The number of hydrogen-bond acceptors (Lipinski definition) is 1. The van der Waals surface area contributed by atoms with E-state index in [1.165, 1.54) is 19.1 Å². The van der Waals surface area contributed by atoms with E-state index in [0.717, 1.165) is 0 Å². The molecule has 0 aliphatic heterocycles. The maximum absolute atomic E-state index is 12.8. The Labute approximate surface area is 95.4 Å². The molecular formula is C10H9BrClFO. The van der Waals surface area contributed by atoms with Crippen LogP contribution in [0.25, 0.3) is 0 Å². The highest BCUT2D eigenvalue weighted by molar-refractivity contribution is 9.08. The molecule has 1 nitrogen and oxygen atoms in total. The van der Waals surface area contributed by atoms with Crippen LogP contribution in [0.2, 0.25) is 0 Å². The number of carbonyl (C=O) groups excluding carboxylic acids is 1. The normalized spacial score (nSPS) is 12.6. The molecule has 0 radical (unpaired) electrons. The number of ketones is 1. The average Bonchev–Trinajstić information content (AvgIpc) is 2.16. The van der Waals surface area contributed by atoms with Gasteiger partial charge in [-0.3, -0.25) is 4.79 Å². The van der Waals surface area contributed by atoms with Gasteiger partial charge in [-0.25, -0.2) is 4.39 Å². The fraction of sp³-hybridized carbons (Fsp3) is 0.300. The van der Waals surface area contributed by atoms with Crippen molar-refractivity contribution in [1.29, 1.82) is 0 Å². The Kier molecular flexibility index (Phi) is 4.08. The molecule has 0 amide bonds. The number of hydrogen-bond donors (Lipinski definition) is 0. The molecule has 0 saturated carbocycles. The molecule has 1 atom stereocenters. The number of halogens is 3. The van der Waals surface area contributed by atoms with E-state index < -0.39 is 5.38 Å². The van der Waals surface area contributed by atoms with Crippen molar-refractivity contribution in [2.75, 3.05) is 0 Å². The summed E-state index contributed by atoms with van der Waals surface area (Å²) in [5, 5.41) is -0.209. The second kappa shape index (κ2) is 4.89. The molecule has 0 spiro atoms. The van der Waals surface area contributed by atoms with Crippen LogP contribution >= 0.6 is 27.5 Å². The first-order chi connectivity index (χ1) is 6.56. The molecule has 1 rings (SSSR count). The highest BCUT2D eigenvalue weighted by Crippen LogP contribution is 2.27. The summed E-state index contributed by atoms with van der Waals surface area (Å²) in [6, 6.07) is 4.23. The van der Waals surface area contributed by atoms with Gasteiger partial charge in [0.15, 0.2) is 5.78 Å². The number of alkyl halides is 2. The molecule has 0 aliphatic rings. The van der Waals surface area contributed by atoms with Gasteiger partial charge in [0.25, 0.3) is 0 Å². The predicted octanol–water partition coefficient (Wildman–Crippen LogP) is 3.59. The molecule has 0 aromatic heterocycles. The smallest absolute Gasteiger partial charge is 0.152 e. The van der Waals surface area contributed by atoms with Crippen molar-refractivity contribution in [3.8, 4) is 0 Å². The lowest BCUT2D eigenvalue weighted by Gasteiger charge is -2.10. The molecular weight excluding hydrogens is 270 g/mol. The van der Waals surface area contributed by atoms with Gasteiger partial charge >= 0.3 is 0 Å². The Morgan fingerprint density at radius 2 is 2.29 bits per heavy atom. The van der Waals surface area contributed by atoms with Crippen LogP contribution in [0.5, 0.6) is 0 Å². The van der Waals surface area contributed by atoms with Gasteiger partial charge in [-0.05, 0) is 30.2 Å². The molecule has 0 bridgehead atoms. The van der Waals surface area contributed by atoms with E-state index in [-0.39, 0.29) is 11.6 Å². The lowest BCUT2D eigenvalue weighted by Crippen LogP contribution is -2.04. The monoisotopic (exact) mass is 278 g/mol. The van der Waals surface area contributed by atoms with E-state index in [1.807, 2.05) is 0 Å². The Bertz CT molecular complexity index is 354. The third-order valence-electron chi connectivity index (χ3n) is 1.88. The summed E-state index contributed by atoms with van der Waals surface area (Å²) in [4.78, 5) is 11.1. The molecule has 14 heavy (non-hydrogen) atoms. The zero-order chi connectivity index (χ0) is 10.7. The highest BCUT2D eigenvalue weighted by Gasteiger charge is 2.16. The van der Waals surface area contributed by atoms with Gasteiger partial charge < -0.3 is 0 Å². The lowest BCUT2D eigenvalue weighted by molar-refractivity contribution is -0.116. The van der Waals surface area contributed by atoms with Crippen molar-refractivity contribution in [3.63, 3.8) is 0 Å². The van der Waals surface area contributed by atoms with Gasteiger partial charge in [-0.1, -0.05) is 22.0 Å². The SMILES string of the molecule is CC(=O)C(Cl)c1ccc(F)cc1CBr. The Hall–Kier alpha value is -0.410. The van der Waals surface area contributed by atoms with Crippen molar-refractivity contribution in [2.24, 2.45) is 0 Å². The summed E-state index contributed by atoms with van der Waals surface area (Å²) in [7, 11) is 0. The summed E-state index contributed by atoms with van der Waals surface area (Å²) in [6.45, 7) is 1.42. The quantitative estimate of drug-likeness (QED) is 0.773. The third kappa shape index (κ3) is 2.55. The van der Waals surface area contributed by atoms with Crippen LogP contribution in [0.1, 0.15) is 23.4 Å². The summed E-state index contributed by atoms with van der Waals surface area (Å²) in [6.07, 6.45) is 0. The molecule has 4 heteroatoms. The molecule has 1 aromatic rings. The third-order valence-corrected chi connectivity index (χ3v) is 3.03. The minimum Gasteiger partial charge on any atom is -0.298 e. The van der Waals surface area contributed by atoms with Crippen LogP contribution in [0.15, 0.2) is 18.2 Å². The van der Waals surface area contributed by atoms with Gasteiger partial charge in [0.2, 0.25) is 0 Å². The summed E-state index contributed by atoms with van der Waals surface area (Å²) < 4.78 is 12.8. The number of Topliss-reactive ketones (excluding diaryl/α,β-unsaturated/α-hetero) is 1. The van der Waals surface area contributed by atoms with E-state index in [4.69, 9.17) is 11.6 Å². The molecule has 0 saturated heterocycles. The first-order valence-electron chi connectivity index (χ1n) is 4.05. The molecule has 0 N–H and O–H groups in total. The van der Waals surface area contributed by atoms with Crippen LogP contribution in [-0.4, -0.2) is 5.78 Å². The second-order valence-corrected chi connectivity index (χ2v) is 3.95. The van der Waals surface area contributed by atoms with Crippen LogP contribution in [-0.2, 0) is 10.1 Å². The Morgan fingerprint density at radius 1 is 1.64 bits per heavy atom. The predicted molar refractivity (Wildman–Crippen MR) is 58.3 cm³/mol. The van der Waals surface area contributed by atoms with Crippen molar-refractivity contribution >= 4 is 33.3 Å². The zero-order valence-corrected chi connectivity index (χ0v) is 9.90. The van der Waals surface area contributed by atoms with E-state index in [0.29, 0.717) is 16.5 Å². The first kappa shape index (κ1) is 11.7. The average molecular weight is 280 g/mol. The van der Waals surface area contributed by atoms with Crippen molar-refractivity contribution < 1.29 is 9.18 Å². The topological polar surface area (TPSA) is 17.1 Å². The van der Waals surface area contributed by atoms with Crippen LogP contribution in [0, 0.1) is 5.82 Å². The fourth-order valence-corrected chi connectivity index (χ4v) is 1.85. The van der Waals surface area contributed by atoms with Crippen LogP contribution in [0.4, 0.5) is 4.39 Å². The largest absolute Gasteiger partial charge is 0.298 e. The standard InChI is InChI=1S/C10H9BrClFO/c1-6(14)10(12)9-3-2-8(13)4-7(9)5-11/h2-4,10H,5H2,1H3. The number of carbonyl (C=O) groups is 1. The van der Waals surface area contributed by atoms with E-state index in [9.17, 15) is 9.18 Å². The maximum Gasteiger partial charge on any atom is 0.152 e.